The number of thioether (sulfide) groups is 1. The molecule has 11 heteroatoms. The number of aromatic nitrogens is 2. The van der Waals surface area contributed by atoms with Crippen molar-refractivity contribution in [3.8, 4) is 0 Å². The minimum Gasteiger partial charge on any atom is -0.452 e. The Balaban J connectivity index is 1.52. The van der Waals surface area contributed by atoms with Crippen LogP contribution in [0.5, 0.6) is 0 Å². The number of benzene rings is 1. The number of ether oxygens (including phenoxy) is 1. The molecule has 4 rings (SSSR count). The Hall–Kier alpha value is -2.40. The maximum Gasteiger partial charge on any atom is 0.338 e. The van der Waals surface area contributed by atoms with E-state index in [2.05, 4.69) is 14.5 Å². The van der Waals surface area contributed by atoms with E-state index in [1.807, 2.05) is 4.90 Å². The maximum absolute atomic E-state index is 12.2. The van der Waals surface area contributed by atoms with Gasteiger partial charge in [0.05, 0.1) is 17.0 Å². The zero-order chi connectivity index (χ0) is 17.6. The van der Waals surface area contributed by atoms with E-state index in [9.17, 15) is 13.2 Å². The molecule has 0 saturated carbocycles. The number of carbonyl (C=O) groups is 1. The second kappa shape index (κ2) is 5.85. The Morgan fingerprint density at radius 2 is 2.28 bits per heavy atom. The topological polar surface area (TPSA) is 115 Å². The molecule has 9 nitrogen and oxygen atoms in total. The van der Waals surface area contributed by atoms with Gasteiger partial charge in [-0.15, -0.1) is 4.40 Å². The molecule has 0 bridgehead atoms. The van der Waals surface area contributed by atoms with Crippen molar-refractivity contribution in [2.24, 2.45) is 4.40 Å². The molecule has 1 aromatic carbocycles. The monoisotopic (exact) mass is 380 g/mol. The van der Waals surface area contributed by atoms with E-state index < -0.39 is 16.0 Å². The lowest BCUT2D eigenvalue weighted by atomic mass is 10.2. The van der Waals surface area contributed by atoms with Gasteiger partial charge in [0.25, 0.3) is 15.9 Å². The first kappa shape index (κ1) is 16.1. The number of nitrogens with zero attached hydrogens (tertiary/aromatic N) is 4. The van der Waals surface area contributed by atoms with Crippen molar-refractivity contribution in [2.45, 2.75) is 18.4 Å². The lowest BCUT2D eigenvalue weighted by Crippen LogP contribution is -2.35. The van der Waals surface area contributed by atoms with Crippen LogP contribution in [0.15, 0.2) is 32.0 Å². The molecule has 2 aliphatic rings. The summed E-state index contributed by atoms with van der Waals surface area (Å²) in [6, 6.07) is 5.05. The standard InChI is InChI=1S/C14H12N4O5S2/c1-8-15-12(23-16-8)7-22-13(19)9-2-3-10-11(6-9)24-14-17-25(20,21)5-4-18(10)14/h2-3,6H,4-5,7H2,1H3. The molecule has 25 heavy (non-hydrogen) atoms. The highest BCUT2D eigenvalue weighted by atomic mass is 32.2. The number of rotatable bonds is 3. The van der Waals surface area contributed by atoms with Crippen LogP contribution in [0.3, 0.4) is 0 Å². The molecule has 0 amide bonds. The zero-order valence-corrected chi connectivity index (χ0v) is 14.6. The van der Waals surface area contributed by atoms with Crippen molar-refractivity contribution in [3.63, 3.8) is 0 Å². The molecule has 2 aliphatic heterocycles. The van der Waals surface area contributed by atoms with Crippen molar-refractivity contribution < 1.29 is 22.5 Å². The molecule has 1 aromatic heterocycles. The van der Waals surface area contributed by atoms with Crippen LogP contribution in [-0.2, 0) is 21.4 Å². The van der Waals surface area contributed by atoms with Crippen molar-refractivity contribution in [1.29, 1.82) is 0 Å². The summed E-state index contributed by atoms with van der Waals surface area (Å²) in [6.07, 6.45) is 0. The zero-order valence-electron chi connectivity index (χ0n) is 13.0. The summed E-state index contributed by atoms with van der Waals surface area (Å²) < 4.78 is 37.1. The van der Waals surface area contributed by atoms with Gasteiger partial charge in [-0.3, -0.25) is 0 Å². The van der Waals surface area contributed by atoms with Crippen molar-refractivity contribution in [1.82, 2.24) is 10.1 Å². The first-order valence-electron chi connectivity index (χ1n) is 7.30. The Bertz CT molecular complexity index is 998. The fraction of sp³-hybridized carbons (Fsp3) is 0.286. The number of aryl methyl sites for hydroxylation is 1. The third kappa shape index (κ3) is 3.12. The van der Waals surface area contributed by atoms with E-state index in [0.717, 1.165) is 10.6 Å². The van der Waals surface area contributed by atoms with E-state index in [0.29, 0.717) is 23.1 Å². The van der Waals surface area contributed by atoms with Crippen LogP contribution >= 0.6 is 11.8 Å². The number of hydrogen-bond acceptors (Lipinski definition) is 9. The lowest BCUT2D eigenvalue weighted by molar-refractivity contribution is 0.0429. The normalized spacial score (nSPS) is 17.6. The summed E-state index contributed by atoms with van der Waals surface area (Å²) in [5.41, 5.74) is 1.19. The van der Waals surface area contributed by atoms with Gasteiger partial charge >= 0.3 is 5.97 Å². The molecule has 0 atom stereocenters. The third-order valence-corrected chi connectivity index (χ3v) is 5.91. The van der Waals surface area contributed by atoms with Crippen LogP contribution in [0, 0.1) is 6.92 Å². The van der Waals surface area contributed by atoms with E-state index in [1.54, 1.807) is 25.1 Å². The van der Waals surface area contributed by atoms with E-state index >= 15 is 0 Å². The van der Waals surface area contributed by atoms with Gasteiger partial charge in [-0.2, -0.15) is 4.98 Å². The second-order valence-electron chi connectivity index (χ2n) is 5.41. The number of sulfonamides is 1. The number of anilines is 1. The Kier molecular flexibility index (Phi) is 3.76. The van der Waals surface area contributed by atoms with Gasteiger partial charge in [-0.1, -0.05) is 5.16 Å². The third-order valence-electron chi connectivity index (χ3n) is 3.60. The molecule has 0 spiro atoms. The Morgan fingerprint density at radius 3 is 3.04 bits per heavy atom. The molecule has 0 fully saturated rings. The van der Waals surface area contributed by atoms with Crippen LogP contribution in [0.1, 0.15) is 22.1 Å². The molecule has 130 valence electrons. The largest absolute Gasteiger partial charge is 0.452 e. The summed E-state index contributed by atoms with van der Waals surface area (Å²) in [7, 11) is -3.41. The van der Waals surface area contributed by atoms with Crippen LogP contribution in [0.25, 0.3) is 0 Å². The average Bonchev–Trinajstić information content (AvgIpc) is 3.13. The lowest BCUT2D eigenvalue weighted by Gasteiger charge is -2.22. The van der Waals surface area contributed by atoms with Gasteiger partial charge < -0.3 is 14.2 Å². The van der Waals surface area contributed by atoms with Gasteiger partial charge in [0.15, 0.2) is 17.6 Å². The molecular formula is C14H12N4O5S2. The van der Waals surface area contributed by atoms with Crippen molar-refractivity contribution in [2.75, 3.05) is 17.2 Å². The summed E-state index contributed by atoms with van der Waals surface area (Å²) in [4.78, 5) is 18.7. The Labute approximate surface area is 147 Å². The minimum atomic E-state index is -3.41. The van der Waals surface area contributed by atoms with Gasteiger partial charge in [0.2, 0.25) is 0 Å². The van der Waals surface area contributed by atoms with Gasteiger partial charge in [0.1, 0.15) is 0 Å². The van der Waals surface area contributed by atoms with Crippen LogP contribution in [0.2, 0.25) is 0 Å². The molecule has 0 saturated heterocycles. The molecule has 2 aromatic rings. The fourth-order valence-electron chi connectivity index (χ4n) is 2.47. The highest BCUT2D eigenvalue weighted by Gasteiger charge is 2.33. The minimum absolute atomic E-state index is 0.0239. The van der Waals surface area contributed by atoms with E-state index in [1.165, 1.54) is 11.8 Å². The van der Waals surface area contributed by atoms with E-state index in [-0.39, 0.29) is 18.3 Å². The predicted molar refractivity (Wildman–Crippen MR) is 89.0 cm³/mol. The summed E-state index contributed by atoms with van der Waals surface area (Å²) >= 11 is 1.22. The van der Waals surface area contributed by atoms with Crippen molar-refractivity contribution >= 4 is 38.6 Å². The number of hydrogen-bond donors (Lipinski definition) is 0. The van der Waals surface area contributed by atoms with Gasteiger partial charge in [-0.25, -0.2) is 13.2 Å². The first-order chi connectivity index (χ1) is 11.9. The van der Waals surface area contributed by atoms with Crippen molar-refractivity contribution in [3.05, 3.63) is 35.5 Å². The first-order valence-corrected chi connectivity index (χ1v) is 9.72. The molecule has 0 radical (unpaired) electrons. The summed E-state index contributed by atoms with van der Waals surface area (Å²) in [6.45, 7) is 1.91. The number of fused-ring (bicyclic) bond motifs is 3. The van der Waals surface area contributed by atoms with Crippen LogP contribution < -0.4 is 4.90 Å². The molecule has 0 unspecified atom stereocenters. The smallest absolute Gasteiger partial charge is 0.338 e. The molecule has 0 N–H and O–H groups in total. The fourth-order valence-corrected chi connectivity index (χ4v) is 4.76. The van der Waals surface area contributed by atoms with Gasteiger partial charge in [-0.05, 0) is 36.9 Å². The predicted octanol–water partition coefficient (Wildman–Crippen LogP) is 1.35. The highest BCUT2D eigenvalue weighted by Crippen LogP contribution is 2.42. The van der Waals surface area contributed by atoms with Crippen LogP contribution in [-0.4, -0.2) is 42.0 Å². The van der Waals surface area contributed by atoms with E-state index in [4.69, 9.17) is 9.26 Å². The maximum atomic E-state index is 12.2. The summed E-state index contributed by atoms with van der Waals surface area (Å²) in [5.74, 6) is 0.133. The summed E-state index contributed by atoms with van der Waals surface area (Å²) in [5, 5.41) is 4.03. The second-order valence-corrected chi connectivity index (χ2v) is 8.17. The average molecular weight is 380 g/mol. The Morgan fingerprint density at radius 1 is 1.44 bits per heavy atom. The number of amidine groups is 1. The quantitative estimate of drug-likeness (QED) is 0.728. The molecular weight excluding hydrogens is 368 g/mol. The van der Waals surface area contributed by atoms with Gasteiger partial charge in [0, 0.05) is 11.4 Å². The van der Waals surface area contributed by atoms with Crippen LogP contribution in [0.4, 0.5) is 5.69 Å². The highest BCUT2D eigenvalue weighted by molar-refractivity contribution is 8.15. The SMILES string of the molecule is Cc1noc(COC(=O)c2ccc3c(c2)SC2=NS(=O)(=O)CCN23)n1. The number of carbonyl (C=O) groups excluding carboxylic acids is 1. The molecule has 3 heterocycles. The molecule has 0 aliphatic carbocycles. The number of esters is 1.